The van der Waals surface area contributed by atoms with Crippen molar-refractivity contribution in [3.63, 3.8) is 0 Å². The Morgan fingerprint density at radius 3 is 2.25 bits per heavy atom. The van der Waals surface area contributed by atoms with E-state index < -0.39 is 33.4 Å². The van der Waals surface area contributed by atoms with Crippen molar-refractivity contribution in [3.05, 3.63) is 65.7 Å². The predicted molar refractivity (Wildman–Crippen MR) is 118 cm³/mol. The molecule has 32 heavy (non-hydrogen) atoms. The number of nitrogens with zero attached hydrogens (tertiary/aromatic N) is 2. The summed E-state index contributed by atoms with van der Waals surface area (Å²) in [4.78, 5) is 30.5. The zero-order valence-corrected chi connectivity index (χ0v) is 18.9. The first-order valence-corrected chi connectivity index (χ1v) is 11.7. The van der Waals surface area contributed by atoms with Gasteiger partial charge in [0.2, 0.25) is 15.7 Å². The molecule has 1 aliphatic heterocycles. The zero-order valence-electron chi connectivity index (χ0n) is 18.1. The van der Waals surface area contributed by atoms with E-state index in [9.17, 15) is 18.0 Å². The van der Waals surface area contributed by atoms with Gasteiger partial charge in [-0.25, -0.2) is 13.2 Å². The van der Waals surface area contributed by atoms with Crippen LogP contribution in [0.4, 0.5) is 0 Å². The number of rotatable bonds is 8. The highest BCUT2D eigenvalue weighted by molar-refractivity contribution is 7.89. The van der Waals surface area contributed by atoms with Gasteiger partial charge in [-0.05, 0) is 37.5 Å². The Morgan fingerprint density at radius 1 is 1.03 bits per heavy atom. The van der Waals surface area contributed by atoms with E-state index in [2.05, 4.69) is 5.16 Å². The molecule has 9 heteroatoms. The third-order valence-corrected chi connectivity index (χ3v) is 7.24. The van der Waals surface area contributed by atoms with Crippen molar-refractivity contribution < 1.29 is 27.6 Å². The van der Waals surface area contributed by atoms with Gasteiger partial charge in [0.25, 0.3) is 0 Å². The van der Waals surface area contributed by atoms with Crippen LogP contribution in [-0.4, -0.2) is 50.4 Å². The summed E-state index contributed by atoms with van der Waals surface area (Å²) in [5, 5.41) is 3.75. The molecule has 8 nitrogen and oxygen atoms in total. The van der Waals surface area contributed by atoms with E-state index in [1.807, 2.05) is 37.3 Å². The van der Waals surface area contributed by atoms with Crippen LogP contribution in [0.1, 0.15) is 24.0 Å². The van der Waals surface area contributed by atoms with Crippen molar-refractivity contribution in [3.8, 4) is 0 Å². The number of hydrogen-bond donors (Lipinski definition) is 0. The second-order valence-corrected chi connectivity index (χ2v) is 9.48. The molecule has 3 rings (SSSR count). The average molecular weight is 459 g/mol. The smallest absolute Gasteiger partial charge is 0.363 e. The van der Waals surface area contributed by atoms with E-state index in [4.69, 9.17) is 9.57 Å². The Morgan fingerprint density at radius 2 is 1.66 bits per heavy atom. The lowest BCUT2D eigenvalue weighted by Gasteiger charge is -2.30. The van der Waals surface area contributed by atoms with Crippen LogP contribution in [0.3, 0.4) is 0 Å². The van der Waals surface area contributed by atoms with E-state index in [0.717, 1.165) is 11.1 Å². The van der Waals surface area contributed by atoms with E-state index in [-0.39, 0.29) is 37.4 Å². The normalized spacial score (nSPS) is 15.9. The number of piperidine rings is 1. The molecule has 0 aromatic heterocycles. The molecule has 2 aromatic carbocycles. The number of aryl methyl sites for hydroxylation is 1. The molecule has 0 saturated carbocycles. The van der Waals surface area contributed by atoms with Crippen molar-refractivity contribution >= 4 is 27.5 Å². The number of Topliss-reactive ketones (excluding diaryl/α,β-unsaturated/α-hetero) is 1. The predicted octanol–water partition coefficient (Wildman–Crippen LogP) is 2.71. The molecule has 0 amide bonds. The number of carbonyl (C=O) groups excluding carboxylic acids is 2. The summed E-state index contributed by atoms with van der Waals surface area (Å²) >= 11 is 0. The van der Waals surface area contributed by atoms with Gasteiger partial charge in [-0.1, -0.05) is 53.2 Å². The third kappa shape index (κ3) is 5.60. The van der Waals surface area contributed by atoms with E-state index in [1.165, 1.54) is 11.4 Å². The first-order valence-electron chi connectivity index (χ1n) is 10.3. The highest BCUT2D eigenvalue weighted by atomic mass is 32.2. The molecule has 0 spiro atoms. The monoisotopic (exact) mass is 458 g/mol. The molecule has 0 unspecified atom stereocenters. The van der Waals surface area contributed by atoms with Crippen LogP contribution in [0, 0.1) is 12.8 Å². The number of oxime groups is 1. The Bertz CT molecular complexity index is 1070. The fourth-order valence-electron chi connectivity index (χ4n) is 3.44. The van der Waals surface area contributed by atoms with Gasteiger partial charge in [0.15, 0.2) is 5.78 Å². The summed E-state index contributed by atoms with van der Waals surface area (Å²) < 4.78 is 31.8. The lowest BCUT2D eigenvalue weighted by Crippen LogP contribution is -2.42. The second-order valence-electron chi connectivity index (χ2n) is 7.55. The third-order valence-electron chi connectivity index (χ3n) is 5.33. The minimum absolute atomic E-state index is 0.0991. The van der Waals surface area contributed by atoms with Gasteiger partial charge in [0.05, 0.1) is 12.0 Å². The summed E-state index contributed by atoms with van der Waals surface area (Å²) in [6.07, 6.45) is 0.553. The Labute approximate surface area is 187 Å². The van der Waals surface area contributed by atoms with Gasteiger partial charge in [-0.2, -0.15) is 4.31 Å². The molecular formula is C23H26N2O6S. The minimum atomic E-state index is -3.64. The number of sulfonamides is 1. The number of ketones is 1. The van der Waals surface area contributed by atoms with Crippen LogP contribution in [0.15, 0.2) is 64.6 Å². The van der Waals surface area contributed by atoms with Crippen LogP contribution in [-0.2, 0) is 35.8 Å². The molecule has 0 radical (unpaired) electrons. The quantitative estimate of drug-likeness (QED) is 0.261. The highest BCUT2D eigenvalue weighted by Crippen LogP contribution is 2.25. The SMILES string of the molecule is COC(=O)/C(=N/OCc1ccccc1)C(=O)C1CCN(S(=O)(=O)c2ccc(C)cc2)CC1. The van der Waals surface area contributed by atoms with Crippen molar-refractivity contribution in [2.75, 3.05) is 20.2 Å². The fraction of sp³-hybridized carbons (Fsp3) is 0.348. The molecule has 0 atom stereocenters. The number of benzene rings is 2. The van der Waals surface area contributed by atoms with Crippen molar-refractivity contribution in [2.45, 2.75) is 31.3 Å². The molecule has 170 valence electrons. The van der Waals surface area contributed by atoms with Gasteiger partial charge >= 0.3 is 5.97 Å². The maximum Gasteiger partial charge on any atom is 0.363 e. The first kappa shape index (κ1) is 23.6. The van der Waals surface area contributed by atoms with Crippen molar-refractivity contribution in [2.24, 2.45) is 11.1 Å². The lowest BCUT2D eigenvalue weighted by atomic mass is 9.91. The van der Waals surface area contributed by atoms with Gasteiger partial charge in [0.1, 0.15) is 6.61 Å². The molecule has 1 aliphatic rings. The number of methoxy groups -OCH3 is 1. The zero-order chi connectivity index (χ0) is 23.1. The van der Waals surface area contributed by atoms with Gasteiger partial charge in [0, 0.05) is 19.0 Å². The summed E-state index contributed by atoms with van der Waals surface area (Å²) in [5.74, 6) is -1.92. The number of ether oxygens (including phenoxy) is 1. The van der Waals surface area contributed by atoms with E-state index >= 15 is 0 Å². The lowest BCUT2D eigenvalue weighted by molar-refractivity contribution is -0.134. The van der Waals surface area contributed by atoms with Crippen LogP contribution < -0.4 is 0 Å². The van der Waals surface area contributed by atoms with Gasteiger partial charge in [-0.3, -0.25) is 4.79 Å². The summed E-state index contributed by atoms with van der Waals surface area (Å²) in [5.41, 5.74) is 1.39. The Hall–Kier alpha value is -3.04. The van der Waals surface area contributed by atoms with Crippen LogP contribution >= 0.6 is 0 Å². The number of hydrogen-bond acceptors (Lipinski definition) is 7. The molecule has 0 bridgehead atoms. The number of carbonyl (C=O) groups is 2. The highest BCUT2D eigenvalue weighted by Gasteiger charge is 2.36. The maximum absolute atomic E-state index is 12.9. The molecule has 0 N–H and O–H groups in total. The van der Waals surface area contributed by atoms with Crippen molar-refractivity contribution in [1.82, 2.24) is 4.31 Å². The summed E-state index contributed by atoms with van der Waals surface area (Å²) in [6.45, 7) is 2.33. The molecular weight excluding hydrogens is 432 g/mol. The molecule has 1 fully saturated rings. The van der Waals surface area contributed by atoms with Gasteiger partial charge < -0.3 is 9.57 Å². The van der Waals surface area contributed by atoms with E-state index in [0.29, 0.717) is 0 Å². The maximum atomic E-state index is 12.9. The molecule has 1 heterocycles. The molecule has 1 saturated heterocycles. The standard InChI is InChI=1S/C23H26N2O6S/c1-17-8-10-20(11-9-17)32(28,29)25-14-12-19(13-15-25)22(26)21(23(27)30-2)24-31-16-18-6-4-3-5-7-18/h3-11,19H,12-16H2,1-2H3/b24-21+. The first-order chi connectivity index (χ1) is 15.3. The van der Waals surface area contributed by atoms with Gasteiger partial charge in [-0.15, -0.1) is 0 Å². The van der Waals surface area contributed by atoms with Crippen LogP contribution in [0.5, 0.6) is 0 Å². The molecule has 2 aromatic rings. The van der Waals surface area contributed by atoms with E-state index in [1.54, 1.807) is 24.3 Å². The fourth-order valence-corrected chi connectivity index (χ4v) is 4.91. The summed E-state index contributed by atoms with van der Waals surface area (Å²) in [6, 6.07) is 15.9. The summed E-state index contributed by atoms with van der Waals surface area (Å²) in [7, 11) is -2.47. The minimum Gasteiger partial charge on any atom is -0.464 e. The van der Waals surface area contributed by atoms with Crippen LogP contribution in [0.25, 0.3) is 0 Å². The average Bonchev–Trinajstić information content (AvgIpc) is 2.82. The van der Waals surface area contributed by atoms with Crippen molar-refractivity contribution in [1.29, 1.82) is 0 Å². The Kier molecular flexibility index (Phi) is 7.76. The largest absolute Gasteiger partial charge is 0.464 e. The topological polar surface area (TPSA) is 102 Å². The van der Waals surface area contributed by atoms with Crippen LogP contribution in [0.2, 0.25) is 0 Å². The second kappa shape index (κ2) is 10.5. The number of esters is 1. The molecule has 0 aliphatic carbocycles. The Balaban J connectivity index is 1.65.